The Balaban J connectivity index is 1.73. The second-order valence-electron chi connectivity index (χ2n) is 5.20. The first-order chi connectivity index (χ1) is 11.7. The molecule has 3 rings (SSSR count). The van der Waals surface area contributed by atoms with Crippen LogP contribution in [0.1, 0.15) is 35.3 Å². The highest BCUT2D eigenvalue weighted by molar-refractivity contribution is 7.15. The van der Waals surface area contributed by atoms with Gasteiger partial charge in [0, 0.05) is 6.42 Å². The molecule has 0 fully saturated rings. The predicted molar refractivity (Wildman–Crippen MR) is 91.7 cm³/mol. The second-order valence-corrected chi connectivity index (χ2v) is 6.26. The Morgan fingerprint density at radius 3 is 2.83 bits per heavy atom. The number of aryl methyl sites for hydroxylation is 1. The number of unbranched alkanes of at least 4 members (excludes halogenated alkanes) is 1. The number of nitrogens with one attached hydrogen (secondary N) is 1. The molecule has 0 spiro atoms. The van der Waals surface area contributed by atoms with Gasteiger partial charge in [-0.05, 0) is 18.6 Å². The van der Waals surface area contributed by atoms with Gasteiger partial charge in [-0.25, -0.2) is 4.68 Å². The molecule has 0 unspecified atom stereocenters. The summed E-state index contributed by atoms with van der Waals surface area (Å²) in [5, 5.41) is 26.0. The standard InChI is InChI=1S/C16H17N5O2S/c1-2-3-9-13-18-19-16(24-13)17-15(23)14-12(22)10-21(20-14)11-7-5-4-6-8-11/h4-8,10,22H,2-3,9H2,1H3,(H,17,19,23). The van der Waals surface area contributed by atoms with Crippen LogP contribution in [0.15, 0.2) is 36.5 Å². The topological polar surface area (TPSA) is 92.9 Å². The smallest absolute Gasteiger partial charge is 0.281 e. The van der Waals surface area contributed by atoms with Crippen molar-refractivity contribution in [2.75, 3.05) is 5.32 Å². The molecule has 2 N–H and O–H groups in total. The monoisotopic (exact) mass is 343 g/mol. The number of rotatable bonds is 6. The molecule has 2 aromatic heterocycles. The van der Waals surface area contributed by atoms with E-state index in [9.17, 15) is 9.90 Å². The Morgan fingerprint density at radius 1 is 1.29 bits per heavy atom. The van der Waals surface area contributed by atoms with Crippen LogP contribution in [-0.2, 0) is 6.42 Å². The Morgan fingerprint density at radius 2 is 2.08 bits per heavy atom. The average Bonchev–Trinajstić information content (AvgIpc) is 3.20. The highest BCUT2D eigenvalue weighted by Gasteiger charge is 2.18. The van der Waals surface area contributed by atoms with Crippen molar-refractivity contribution in [3.8, 4) is 11.4 Å². The number of anilines is 1. The van der Waals surface area contributed by atoms with Crippen molar-refractivity contribution in [3.05, 3.63) is 47.2 Å². The van der Waals surface area contributed by atoms with Crippen molar-refractivity contribution in [2.45, 2.75) is 26.2 Å². The fourth-order valence-corrected chi connectivity index (χ4v) is 2.91. The molecule has 0 aliphatic heterocycles. The molecule has 0 saturated heterocycles. The summed E-state index contributed by atoms with van der Waals surface area (Å²) in [6.07, 6.45) is 4.35. The molecule has 1 aromatic carbocycles. The number of aromatic nitrogens is 4. The number of carbonyl (C=O) groups excluding carboxylic acids is 1. The lowest BCUT2D eigenvalue weighted by Crippen LogP contribution is -2.13. The van der Waals surface area contributed by atoms with E-state index in [-0.39, 0.29) is 11.4 Å². The maximum atomic E-state index is 12.3. The van der Waals surface area contributed by atoms with Crippen molar-refractivity contribution in [1.82, 2.24) is 20.0 Å². The fraction of sp³-hybridized carbons (Fsp3) is 0.250. The van der Waals surface area contributed by atoms with Crippen molar-refractivity contribution in [3.63, 3.8) is 0 Å². The van der Waals surface area contributed by atoms with Gasteiger partial charge in [-0.2, -0.15) is 5.10 Å². The highest BCUT2D eigenvalue weighted by atomic mass is 32.1. The number of carbonyl (C=O) groups is 1. The van der Waals surface area contributed by atoms with Crippen LogP contribution in [0.2, 0.25) is 0 Å². The SMILES string of the molecule is CCCCc1nnc(NC(=O)c2nn(-c3ccccc3)cc2O)s1. The summed E-state index contributed by atoms with van der Waals surface area (Å²) >= 11 is 1.33. The molecule has 3 aromatic rings. The summed E-state index contributed by atoms with van der Waals surface area (Å²) in [6.45, 7) is 2.11. The zero-order valence-corrected chi connectivity index (χ0v) is 14.0. The Hall–Kier alpha value is -2.74. The molecule has 124 valence electrons. The highest BCUT2D eigenvalue weighted by Crippen LogP contribution is 2.21. The van der Waals surface area contributed by atoms with Crippen molar-refractivity contribution in [1.29, 1.82) is 0 Å². The van der Waals surface area contributed by atoms with Gasteiger partial charge in [-0.3, -0.25) is 10.1 Å². The molecular weight excluding hydrogens is 326 g/mol. The zero-order chi connectivity index (χ0) is 16.9. The molecule has 24 heavy (non-hydrogen) atoms. The number of hydrogen-bond acceptors (Lipinski definition) is 6. The van der Waals surface area contributed by atoms with Gasteiger partial charge in [-0.15, -0.1) is 10.2 Å². The average molecular weight is 343 g/mol. The van der Waals surface area contributed by atoms with Crippen LogP contribution < -0.4 is 5.32 Å². The maximum absolute atomic E-state index is 12.3. The third kappa shape index (κ3) is 3.60. The fourth-order valence-electron chi connectivity index (χ4n) is 2.13. The van der Waals surface area contributed by atoms with Crippen LogP contribution in [0.5, 0.6) is 5.75 Å². The minimum absolute atomic E-state index is 0.0517. The summed E-state index contributed by atoms with van der Waals surface area (Å²) < 4.78 is 1.46. The zero-order valence-electron chi connectivity index (χ0n) is 13.1. The third-order valence-electron chi connectivity index (χ3n) is 3.36. The van der Waals surface area contributed by atoms with Gasteiger partial charge in [0.05, 0.1) is 11.9 Å². The van der Waals surface area contributed by atoms with E-state index >= 15 is 0 Å². The summed E-state index contributed by atoms with van der Waals surface area (Å²) in [6, 6.07) is 9.25. The molecule has 0 saturated carbocycles. The largest absolute Gasteiger partial charge is 0.504 e. The molecule has 7 nitrogen and oxygen atoms in total. The van der Waals surface area contributed by atoms with E-state index in [4.69, 9.17) is 0 Å². The van der Waals surface area contributed by atoms with Gasteiger partial charge in [0.1, 0.15) is 5.01 Å². The first-order valence-corrected chi connectivity index (χ1v) is 8.47. The Bertz CT molecular complexity index is 828. The van der Waals surface area contributed by atoms with Crippen LogP contribution in [0.25, 0.3) is 5.69 Å². The number of amides is 1. The normalized spacial score (nSPS) is 10.7. The quantitative estimate of drug-likeness (QED) is 0.717. The van der Waals surface area contributed by atoms with Gasteiger partial charge in [-0.1, -0.05) is 42.9 Å². The van der Waals surface area contributed by atoms with E-state index in [1.807, 2.05) is 30.3 Å². The first kappa shape index (κ1) is 16.1. The van der Waals surface area contributed by atoms with Crippen LogP contribution in [0, 0.1) is 0 Å². The number of nitrogens with zero attached hydrogens (tertiary/aromatic N) is 4. The summed E-state index contributed by atoms with van der Waals surface area (Å²) in [7, 11) is 0. The number of hydrogen-bond donors (Lipinski definition) is 2. The van der Waals surface area contributed by atoms with Crippen LogP contribution in [0.4, 0.5) is 5.13 Å². The summed E-state index contributed by atoms with van der Waals surface area (Å²) in [5.41, 5.74) is 0.703. The maximum Gasteiger partial charge on any atom is 0.281 e. The van der Waals surface area contributed by atoms with Crippen molar-refractivity contribution in [2.24, 2.45) is 0 Å². The van der Waals surface area contributed by atoms with E-state index in [0.29, 0.717) is 5.13 Å². The van der Waals surface area contributed by atoms with Gasteiger partial charge >= 0.3 is 0 Å². The molecule has 0 radical (unpaired) electrons. The van der Waals surface area contributed by atoms with Crippen LogP contribution >= 0.6 is 11.3 Å². The number of aromatic hydroxyl groups is 1. The van der Waals surface area contributed by atoms with E-state index in [1.165, 1.54) is 22.2 Å². The molecule has 2 heterocycles. The molecule has 0 aliphatic carbocycles. The molecule has 0 bridgehead atoms. The van der Waals surface area contributed by atoms with Gasteiger partial charge in [0.2, 0.25) is 5.13 Å². The molecule has 0 atom stereocenters. The first-order valence-electron chi connectivity index (χ1n) is 7.65. The van der Waals surface area contributed by atoms with Crippen molar-refractivity contribution >= 4 is 22.4 Å². The van der Waals surface area contributed by atoms with Crippen molar-refractivity contribution < 1.29 is 9.90 Å². The second kappa shape index (κ2) is 7.22. The molecule has 1 amide bonds. The lowest BCUT2D eigenvalue weighted by Gasteiger charge is -1.99. The minimum atomic E-state index is -0.514. The Kier molecular flexibility index (Phi) is 4.85. The molecular formula is C16H17N5O2S. The van der Waals surface area contributed by atoms with Gasteiger partial charge in [0.15, 0.2) is 11.4 Å². The van der Waals surface area contributed by atoms with E-state index in [0.717, 1.165) is 30.0 Å². The van der Waals surface area contributed by atoms with Crippen LogP contribution in [0.3, 0.4) is 0 Å². The molecule has 8 heteroatoms. The number of benzene rings is 1. The summed E-state index contributed by atoms with van der Waals surface area (Å²) in [5.74, 6) is -0.701. The third-order valence-corrected chi connectivity index (χ3v) is 4.26. The predicted octanol–water partition coefficient (Wildman–Crippen LogP) is 3.02. The number of para-hydroxylation sites is 1. The lowest BCUT2D eigenvalue weighted by molar-refractivity contribution is 0.101. The van der Waals surface area contributed by atoms with Crippen LogP contribution in [-0.4, -0.2) is 31.0 Å². The van der Waals surface area contributed by atoms with Gasteiger partial charge < -0.3 is 5.11 Å². The summed E-state index contributed by atoms with van der Waals surface area (Å²) in [4.78, 5) is 12.3. The van der Waals surface area contributed by atoms with Gasteiger partial charge in [0.25, 0.3) is 5.91 Å². The van der Waals surface area contributed by atoms with E-state index in [2.05, 4.69) is 27.5 Å². The molecule has 0 aliphatic rings. The lowest BCUT2D eigenvalue weighted by atomic mass is 10.3. The Labute approximate surface area is 143 Å². The van der Waals surface area contributed by atoms with E-state index in [1.54, 1.807) is 0 Å². The minimum Gasteiger partial charge on any atom is -0.504 e. The van der Waals surface area contributed by atoms with E-state index < -0.39 is 5.91 Å².